The summed E-state index contributed by atoms with van der Waals surface area (Å²) in [6, 6.07) is 5.23. The molecular weight excluding hydrogens is 356 g/mol. The molecule has 1 aromatic carbocycles. The van der Waals surface area contributed by atoms with E-state index in [1.807, 2.05) is 13.0 Å². The van der Waals surface area contributed by atoms with Gasteiger partial charge in [-0.3, -0.25) is 4.79 Å². The van der Waals surface area contributed by atoms with E-state index in [1.165, 1.54) is 18.2 Å². The summed E-state index contributed by atoms with van der Waals surface area (Å²) in [5.74, 6) is -1.85. The Bertz CT molecular complexity index is 809. The smallest absolute Gasteiger partial charge is 0.328 e. The van der Waals surface area contributed by atoms with Crippen molar-refractivity contribution >= 4 is 21.9 Å². The molecule has 0 saturated carbocycles. The highest BCUT2D eigenvalue weighted by Crippen LogP contribution is 2.26. The van der Waals surface area contributed by atoms with Crippen LogP contribution >= 0.6 is 0 Å². The number of amides is 1. The van der Waals surface area contributed by atoms with Crippen molar-refractivity contribution in [3.8, 4) is 0 Å². The summed E-state index contributed by atoms with van der Waals surface area (Å²) in [6.07, 6.45) is 0.733. The van der Waals surface area contributed by atoms with Crippen molar-refractivity contribution in [3.05, 3.63) is 29.3 Å². The van der Waals surface area contributed by atoms with Gasteiger partial charge in [0.1, 0.15) is 5.54 Å². The molecule has 0 unspecified atom stereocenters. The molecule has 1 aromatic rings. The van der Waals surface area contributed by atoms with Gasteiger partial charge in [0.15, 0.2) is 0 Å². The first-order chi connectivity index (χ1) is 11.9. The number of carboxylic acids is 1. The van der Waals surface area contributed by atoms with Crippen LogP contribution in [0.15, 0.2) is 23.1 Å². The van der Waals surface area contributed by atoms with Crippen molar-refractivity contribution in [2.24, 2.45) is 5.92 Å². The molecule has 1 amide bonds. The van der Waals surface area contributed by atoms with Crippen molar-refractivity contribution in [2.75, 3.05) is 13.1 Å². The number of sulfonamides is 1. The van der Waals surface area contributed by atoms with Crippen molar-refractivity contribution < 1.29 is 23.1 Å². The van der Waals surface area contributed by atoms with Crippen molar-refractivity contribution in [2.45, 2.75) is 51.0 Å². The minimum absolute atomic E-state index is 0.237. The van der Waals surface area contributed by atoms with Crippen LogP contribution in [0.2, 0.25) is 0 Å². The van der Waals surface area contributed by atoms with E-state index >= 15 is 0 Å². The molecule has 1 heterocycles. The van der Waals surface area contributed by atoms with Crippen LogP contribution in [0, 0.1) is 19.8 Å². The number of carboxylic acid groups (broad SMARTS) is 1. The summed E-state index contributed by atoms with van der Waals surface area (Å²) < 4.78 is 27.1. The van der Waals surface area contributed by atoms with E-state index in [0.717, 1.165) is 5.56 Å². The van der Waals surface area contributed by atoms with E-state index in [4.69, 9.17) is 5.11 Å². The highest BCUT2D eigenvalue weighted by atomic mass is 32.2. The zero-order chi connectivity index (χ0) is 19.7. The first-order valence-corrected chi connectivity index (χ1v) is 10.0. The van der Waals surface area contributed by atoms with Crippen LogP contribution in [0.5, 0.6) is 0 Å². The standard InChI is InChI=1S/C18H26N2O5S/c1-12-5-6-15(13(2)11-12)26(24,25)20-9-7-14(8-10-20)16(21)19-18(3,4)17(22)23/h5-6,11,14H,7-10H2,1-4H3,(H,19,21)(H,22,23). The van der Waals surface area contributed by atoms with Crippen LogP contribution < -0.4 is 5.32 Å². The molecule has 2 N–H and O–H groups in total. The third kappa shape index (κ3) is 4.24. The molecule has 26 heavy (non-hydrogen) atoms. The van der Waals surface area contributed by atoms with Crippen LogP contribution in [0.4, 0.5) is 0 Å². The second kappa shape index (κ2) is 7.36. The van der Waals surface area contributed by atoms with Gasteiger partial charge < -0.3 is 10.4 Å². The van der Waals surface area contributed by atoms with Gasteiger partial charge in [-0.2, -0.15) is 4.31 Å². The fraction of sp³-hybridized carbons (Fsp3) is 0.556. The highest BCUT2D eigenvalue weighted by Gasteiger charge is 2.36. The Morgan fingerprint density at radius 1 is 1.19 bits per heavy atom. The minimum Gasteiger partial charge on any atom is -0.480 e. The van der Waals surface area contributed by atoms with E-state index in [2.05, 4.69) is 5.32 Å². The number of piperidine rings is 1. The lowest BCUT2D eigenvalue weighted by atomic mass is 9.95. The Hall–Kier alpha value is -1.93. The lowest BCUT2D eigenvalue weighted by molar-refractivity contribution is -0.146. The maximum absolute atomic E-state index is 12.9. The van der Waals surface area contributed by atoms with Gasteiger partial charge in [-0.05, 0) is 52.2 Å². The fourth-order valence-corrected chi connectivity index (χ4v) is 4.73. The molecule has 1 fully saturated rings. The van der Waals surface area contributed by atoms with Crippen LogP contribution in [0.1, 0.15) is 37.8 Å². The van der Waals surface area contributed by atoms with E-state index in [-0.39, 0.29) is 29.8 Å². The average molecular weight is 382 g/mol. The number of carbonyl (C=O) groups is 2. The molecule has 2 rings (SSSR count). The Balaban J connectivity index is 2.06. The number of rotatable bonds is 5. The van der Waals surface area contributed by atoms with Crippen LogP contribution in [0.3, 0.4) is 0 Å². The largest absolute Gasteiger partial charge is 0.480 e. The summed E-state index contributed by atoms with van der Waals surface area (Å²) in [6.45, 7) is 7.00. The second-order valence-corrected chi connectivity index (χ2v) is 9.27. The summed E-state index contributed by atoms with van der Waals surface area (Å²) in [5, 5.41) is 11.6. The molecule has 1 aliphatic rings. The van der Waals surface area contributed by atoms with Crippen LogP contribution in [0.25, 0.3) is 0 Å². The van der Waals surface area contributed by atoms with Gasteiger partial charge >= 0.3 is 5.97 Å². The minimum atomic E-state index is -3.60. The lowest BCUT2D eigenvalue weighted by Crippen LogP contribution is -2.53. The monoisotopic (exact) mass is 382 g/mol. The Morgan fingerprint density at radius 3 is 2.27 bits per heavy atom. The van der Waals surface area contributed by atoms with Gasteiger partial charge in [0.25, 0.3) is 0 Å². The van der Waals surface area contributed by atoms with Gasteiger partial charge in [0.05, 0.1) is 4.90 Å². The molecule has 0 spiro atoms. The summed E-state index contributed by atoms with van der Waals surface area (Å²) >= 11 is 0. The summed E-state index contributed by atoms with van der Waals surface area (Å²) in [5.41, 5.74) is 0.352. The molecule has 0 bridgehead atoms. The van der Waals surface area contributed by atoms with Gasteiger partial charge in [0.2, 0.25) is 15.9 Å². The predicted molar refractivity (Wildman–Crippen MR) is 97.3 cm³/mol. The molecular formula is C18H26N2O5S. The number of aryl methyl sites for hydroxylation is 2. The van der Waals surface area contributed by atoms with Gasteiger partial charge in [-0.1, -0.05) is 17.7 Å². The van der Waals surface area contributed by atoms with Crippen molar-refractivity contribution in [1.82, 2.24) is 9.62 Å². The summed E-state index contributed by atoms with van der Waals surface area (Å²) in [7, 11) is -3.60. The SMILES string of the molecule is Cc1ccc(S(=O)(=O)N2CCC(C(=O)NC(C)(C)C(=O)O)CC2)c(C)c1. The van der Waals surface area contributed by atoms with Crippen LogP contribution in [-0.4, -0.2) is 48.3 Å². The number of carbonyl (C=O) groups excluding carboxylic acids is 1. The fourth-order valence-electron chi connectivity index (χ4n) is 3.05. The molecule has 8 heteroatoms. The van der Waals surface area contributed by atoms with E-state index in [0.29, 0.717) is 18.4 Å². The number of hydrogen-bond donors (Lipinski definition) is 2. The molecule has 7 nitrogen and oxygen atoms in total. The number of nitrogens with one attached hydrogen (secondary N) is 1. The lowest BCUT2D eigenvalue weighted by Gasteiger charge is -2.32. The third-order valence-electron chi connectivity index (χ3n) is 4.74. The quantitative estimate of drug-likeness (QED) is 0.806. The highest BCUT2D eigenvalue weighted by molar-refractivity contribution is 7.89. The topological polar surface area (TPSA) is 104 Å². The number of hydrogen-bond acceptors (Lipinski definition) is 4. The molecule has 144 valence electrons. The van der Waals surface area contributed by atoms with E-state index in [1.54, 1.807) is 19.1 Å². The number of benzene rings is 1. The number of aliphatic carboxylic acids is 1. The van der Waals surface area contributed by atoms with E-state index < -0.39 is 21.5 Å². The van der Waals surface area contributed by atoms with Gasteiger partial charge in [0, 0.05) is 19.0 Å². The Kier molecular flexibility index (Phi) is 5.77. The number of nitrogens with zero attached hydrogens (tertiary/aromatic N) is 1. The molecule has 0 atom stereocenters. The Labute approximate surface area is 154 Å². The van der Waals surface area contributed by atoms with Crippen LogP contribution in [-0.2, 0) is 19.6 Å². The average Bonchev–Trinajstić information content (AvgIpc) is 2.54. The van der Waals surface area contributed by atoms with Crippen molar-refractivity contribution in [1.29, 1.82) is 0 Å². The zero-order valence-corrected chi connectivity index (χ0v) is 16.4. The maximum atomic E-state index is 12.9. The molecule has 1 saturated heterocycles. The van der Waals surface area contributed by atoms with Crippen molar-refractivity contribution in [3.63, 3.8) is 0 Å². The first kappa shape index (κ1) is 20.4. The second-order valence-electron chi connectivity index (χ2n) is 7.37. The molecule has 0 radical (unpaired) electrons. The summed E-state index contributed by atoms with van der Waals surface area (Å²) in [4.78, 5) is 23.7. The van der Waals surface area contributed by atoms with Gasteiger partial charge in [-0.15, -0.1) is 0 Å². The maximum Gasteiger partial charge on any atom is 0.328 e. The normalized spacial score (nSPS) is 17.1. The molecule has 1 aliphatic heterocycles. The zero-order valence-electron chi connectivity index (χ0n) is 15.6. The predicted octanol–water partition coefficient (Wildman–Crippen LogP) is 1.68. The molecule has 0 aromatic heterocycles. The molecule has 0 aliphatic carbocycles. The van der Waals surface area contributed by atoms with Gasteiger partial charge in [-0.25, -0.2) is 13.2 Å². The Morgan fingerprint density at radius 2 is 1.77 bits per heavy atom. The third-order valence-corrected chi connectivity index (χ3v) is 6.80. The first-order valence-electron chi connectivity index (χ1n) is 8.58. The van der Waals surface area contributed by atoms with E-state index in [9.17, 15) is 18.0 Å².